The lowest BCUT2D eigenvalue weighted by Crippen LogP contribution is -2.06. The Morgan fingerprint density at radius 3 is 2.20 bits per heavy atom. The number of methoxy groups -OCH3 is 2. The molecular formula is C16H17ClO3. The molecule has 1 atom stereocenters. The molecule has 4 heteroatoms. The minimum atomic E-state index is -0.861. The number of benzene rings is 2. The first-order valence-corrected chi connectivity index (χ1v) is 6.61. The Labute approximate surface area is 123 Å². The molecule has 0 saturated carbocycles. The first-order chi connectivity index (χ1) is 9.58. The van der Waals surface area contributed by atoms with Gasteiger partial charge in [-0.15, -0.1) is 0 Å². The van der Waals surface area contributed by atoms with Crippen molar-refractivity contribution < 1.29 is 14.6 Å². The monoisotopic (exact) mass is 292 g/mol. The highest BCUT2D eigenvalue weighted by Gasteiger charge is 2.22. The average molecular weight is 293 g/mol. The molecule has 2 aromatic rings. The number of ether oxygens (including phenoxy) is 2. The fourth-order valence-electron chi connectivity index (χ4n) is 2.21. The van der Waals surface area contributed by atoms with Gasteiger partial charge in [-0.2, -0.15) is 0 Å². The summed E-state index contributed by atoms with van der Waals surface area (Å²) in [7, 11) is 3.13. The van der Waals surface area contributed by atoms with Crippen LogP contribution < -0.4 is 9.47 Å². The highest BCUT2D eigenvalue weighted by atomic mass is 35.5. The SMILES string of the molecule is COc1cccc(OC)c1C(O)c1cc(Cl)ccc1C. The van der Waals surface area contributed by atoms with Gasteiger partial charge in [0, 0.05) is 5.02 Å². The second-order valence-electron chi connectivity index (χ2n) is 4.48. The fourth-order valence-corrected chi connectivity index (χ4v) is 2.39. The zero-order valence-electron chi connectivity index (χ0n) is 11.7. The van der Waals surface area contributed by atoms with Gasteiger partial charge in [-0.25, -0.2) is 0 Å². The van der Waals surface area contributed by atoms with E-state index in [1.54, 1.807) is 38.5 Å². The lowest BCUT2D eigenvalue weighted by atomic mass is 9.96. The van der Waals surface area contributed by atoms with Crippen LogP contribution in [-0.4, -0.2) is 19.3 Å². The topological polar surface area (TPSA) is 38.7 Å². The molecule has 0 aromatic heterocycles. The Morgan fingerprint density at radius 2 is 1.65 bits per heavy atom. The lowest BCUT2D eigenvalue weighted by Gasteiger charge is -2.20. The van der Waals surface area contributed by atoms with Gasteiger partial charge in [0.15, 0.2) is 0 Å². The van der Waals surface area contributed by atoms with Gasteiger partial charge in [-0.1, -0.05) is 23.7 Å². The van der Waals surface area contributed by atoms with Crippen LogP contribution in [0.5, 0.6) is 11.5 Å². The second kappa shape index (κ2) is 6.16. The molecule has 20 heavy (non-hydrogen) atoms. The first kappa shape index (κ1) is 14.7. The van der Waals surface area contributed by atoms with Crippen molar-refractivity contribution in [2.75, 3.05) is 14.2 Å². The third-order valence-electron chi connectivity index (χ3n) is 3.28. The molecule has 1 N–H and O–H groups in total. The molecule has 0 saturated heterocycles. The van der Waals surface area contributed by atoms with Crippen LogP contribution in [0.3, 0.4) is 0 Å². The van der Waals surface area contributed by atoms with Crippen molar-refractivity contribution in [1.82, 2.24) is 0 Å². The zero-order chi connectivity index (χ0) is 14.7. The van der Waals surface area contributed by atoms with Crippen LogP contribution in [0.4, 0.5) is 0 Å². The molecular weight excluding hydrogens is 276 g/mol. The highest BCUT2D eigenvalue weighted by Crippen LogP contribution is 2.38. The van der Waals surface area contributed by atoms with Crippen molar-refractivity contribution in [3.8, 4) is 11.5 Å². The van der Waals surface area contributed by atoms with Gasteiger partial charge >= 0.3 is 0 Å². The van der Waals surface area contributed by atoms with Crippen molar-refractivity contribution in [2.45, 2.75) is 13.0 Å². The minimum Gasteiger partial charge on any atom is -0.496 e. The normalized spacial score (nSPS) is 12.1. The molecule has 0 aliphatic heterocycles. The third kappa shape index (κ3) is 2.74. The summed E-state index contributed by atoms with van der Waals surface area (Å²) in [4.78, 5) is 0. The van der Waals surface area contributed by atoms with E-state index in [1.165, 1.54) is 0 Å². The predicted octanol–water partition coefficient (Wildman–Crippen LogP) is 3.75. The van der Waals surface area contributed by atoms with Crippen LogP contribution >= 0.6 is 11.6 Å². The maximum absolute atomic E-state index is 10.7. The fraction of sp³-hybridized carbons (Fsp3) is 0.250. The quantitative estimate of drug-likeness (QED) is 0.933. The van der Waals surface area contributed by atoms with Gasteiger partial charge in [-0.3, -0.25) is 0 Å². The minimum absolute atomic E-state index is 0.580. The number of hydrogen-bond acceptors (Lipinski definition) is 3. The van der Waals surface area contributed by atoms with Crippen molar-refractivity contribution >= 4 is 11.6 Å². The lowest BCUT2D eigenvalue weighted by molar-refractivity contribution is 0.208. The molecule has 0 radical (unpaired) electrons. The van der Waals surface area contributed by atoms with Crippen LogP contribution in [0.1, 0.15) is 22.8 Å². The third-order valence-corrected chi connectivity index (χ3v) is 3.51. The summed E-state index contributed by atoms with van der Waals surface area (Å²) < 4.78 is 10.7. The van der Waals surface area contributed by atoms with Crippen LogP contribution in [0, 0.1) is 6.92 Å². The Morgan fingerprint density at radius 1 is 1.05 bits per heavy atom. The van der Waals surface area contributed by atoms with Crippen molar-refractivity contribution in [3.05, 3.63) is 58.1 Å². The molecule has 0 heterocycles. The Balaban J connectivity index is 2.58. The van der Waals surface area contributed by atoms with Crippen LogP contribution in [0.2, 0.25) is 5.02 Å². The smallest absolute Gasteiger partial charge is 0.128 e. The first-order valence-electron chi connectivity index (χ1n) is 6.23. The summed E-state index contributed by atoms with van der Waals surface area (Å²) in [6.45, 7) is 1.93. The Hall–Kier alpha value is -1.71. The number of hydrogen-bond donors (Lipinski definition) is 1. The van der Waals surface area contributed by atoms with Crippen molar-refractivity contribution in [2.24, 2.45) is 0 Å². The van der Waals surface area contributed by atoms with E-state index < -0.39 is 6.10 Å². The number of rotatable bonds is 4. The van der Waals surface area contributed by atoms with Gasteiger partial charge in [0.2, 0.25) is 0 Å². The van der Waals surface area contributed by atoms with Crippen LogP contribution in [0.25, 0.3) is 0 Å². The van der Waals surface area contributed by atoms with Gasteiger partial charge in [0.05, 0.1) is 19.8 Å². The maximum atomic E-state index is 10.7. The summed E-state index contributed by atoms with van der Waals surface area (Å²) in [5.41, 5.74) is 2.29. The van der Waals surface area contributed by atoms with Gasteiger partial charge in [0.1, 0.15) is 17.6 Å². The average Bonchev–Trinajstić information content (AvgIpc) is 2.48. The number of aliphatic hydroxyl groups is 1. The second-order valence-corrected chi connectivity index (χ2v) is 4.92. The molecule has 0 aliphatic carbocycles. The van der Waals surface area contributed by atoms with E-state index in [2.05, 4.69) is 0 Å². The van der Waals surface area contributed by atoms with E-state index in [-0.39, 0.29) is 0 Å². The summed E-state index contributed by atoms with van der Waals surface area (Å²) in [5, 5.41) is 11.3. The number of halogens is 1. The Bertz CT molecular complexity index is 588. The molecule has 0 aliphatic rings. The van der Waals surface area contributed by atoms with E-state index in [1.807, 2.05) is 19.1 Å². The molecule has 0 fully saturated rings. The van der Waals surface area contributed by atoms with Crippen LogP contribution in [0.15, 0.2) is 36.4 Å². The zero-order valence-corrected chi connectivity index (χ0v) is 12.4. The summed E-state index contributed by atoms with van der Waals surface area (Å²) in [5.74, 6) is 1.16. The largest absolute Gasteiger partial charge is 0.496 e. The molecule has 2 rings (SSSR count). The van der Waals surface area contributed by atoms with Gasteiger partial charge in [0.25, 0.3) is 0 Å². The van der Waals surface area contributed by atoms with Crippen molar-refractivity contribution in [3.63, 3.8) is 0 Å². The van der Waals surface area contributed by atoms with E-state index in [0.29, 0.717) is 22.1 Å². The number of aliphatic hydroxyl groups excluding tert-OH is 1. The van der Waals surface area contributed by atoms with E-state index in [0.717, 1.165) is 11.1 Å². The standard InChI is InChI=1S/C16H17ClO3/c1-10-7-8-11(17)9-12(10)16(18)15-13(19-2)5-4-6-14(15)20-3/h4-9,16,18H,1-3H3. The van der Waals surface area contributed by atoms with E-state index >= 15 is 0 Å². The maximum Gasteiger partial charge on any atom is 0.128 e. The molecule has 1 unspecified atom stereocenters. The molecule has 3 nitrogen and oxygen atoms in total. The molecule has 0 amide bonds. The van der Waals surface area contributed by atoms with Gasteiger partial charge in [-0.05, 0) is 42.3 Å². The summed E-state index contributed by atoms with van der Waals surface area (Å²) >= 11 is 6.02. The molecule has 106 valence electrons. The molecule has 2 aromatic carbocycles. The van der Waals surface area contributed by atoms with Crippen molar-refractivity contribution in [1.29, 1.82) is 0 Å². The number of aryl methyl sites for hydroxylation is 1. The molecule has 0 spiro atoms. The summed E-state index contributed by atoms with van der Waals surface area (Å²) in [6, 6.07) is 10.8. The van der Waals surface area contributed by atoms with Crippen LogP contribution in [-0.2, 0) is 0 Å². The van der Waals surface area contributed by atoms with Gasteiger partial charge < -0.3 is 14.6 Å². The van der Waals surface area contributed by atoms with E-state index in [4.69, 9.17) is 21.1 Å². The Kier molecular flexibility index (Phi) is 4.53. The van der Waals surface area contributed by atoms with E-state index in [9.17, 15) is 5.11 Å². The highest BCUT2D eigenvalue weighted by molar-refractivity contribution is 6.30. The molecule has 0 bridgehead atoms. The summed E-state index contributed by atoms with van der Waals surface area (Å²) in [6.07, 6.45) is -0.861. The predicted molar refractivity (Wildman–Crippen MR) is 79.8 cm³/mol.